The van der Waals surface area contributed by atoms with Crippen molar-refractivity contribution < 1.29 is 4.39 Å². The molecule has 0 spiro atoms. The molecule has 0 aromatic carbocycles. The Morgan fingerprint density at radius 3 is 2.82 bits per heavy atom. The van der Waals surface area contributed by atoms with E-state index in [1.165, 1.54) is 23.8 Å². The summed E-state index contributed by atoms with van der Waals surface area (Å²) in [7, 11) is 0. The van der Waals surface area contributed by atoms with Gasteiger partial charge in [-0.25, -0.2) is 9.38 Å². The second-order valence-corrected chi connectivity index (χ2v) is 8.24. The number of hydrogen-bond acceptors (Lipinski definition) is 4. The molecule has 28 heavy (non-hydrogen) atoms. The van der Waals surface area contributed by atoms with Gasteiger partial charge in [0.2, 0.25) is 0 Å². The monoisotopic (exact) mass is 403 g/mol. The van der Waals surface area contributed by atoms with Crippen LogP contribution in [0.5, 0.6) is 0 Å². The van der Waals surface area contributed by atoms with Crippen molar-refractivity contribution in [3.63, 3.8) is 0 Å². The third kappa shape index (κ3) is 5.75. The highest BCUT2D eigenvalue weighted by atomic mass is 32.1. The normalized spacial score (nSPS) is 17.5. The Bertz CT molecular complexity index is 741. The van der Waals surface area contributed by atoms with Gasteiger partial charge in [-0.05, 0) is 62.4 Å². The van der Waals surface area contributed by atoms with Crippen LogP contribution in [-0.2, 0) is 6.54 Å². The molecule has 0 amide bonds. The summed E-state index contributed by atoms with van der Waals surface area (Å²) in [5.41, 5.74) is 0.361. The van der Waals surface area contributed by atoms with E-state index in [0.29, 0.717) is 17.7 Å². The Hall–Kier alpha value is -1.99. The molecule has 1 aliphatic rings. The first kappa shape index (κ1) is 20.7. The van der Waals surface area contributed by atoms with E-state index in [1.54, 1.807) is 23.6 Å². The molecule has 2 N–H and O–H groups in total. The van der Waals surface area contributed by atoms with Crippen LogP contribution in [0.3, 0.4) is 0 Å². The zero-order chi connectivity index (χ0) is 19.8. The number of pyridine rings is 1. The molecule has 0 bridgehead atoms. The van der Waals surface area contributed by atoms with Gasteiger partial charge < -0.3 is 10.6 Å². The van der Waals surface area contributed by atoms with Crippen molar-refractivity contribution in [3.8, 4) is 0 Å². The largest absolute Gasteiger partial charge is 0.357 e. The van der Waals surface area contributed by atoms with Crippen molar-refractivity contribution in [3.05, 3.63) is 52.2 Å². The van der Waals surface area contributed by atoms with Crippen molar-refractivity contribution in [2.45, 2.75) is 39.3 Å². The standard InChI is InChI=1S/C21H30FN5S/c1-3-23-21(25-14-18-17(22)6-4-10-24-18)26-15-19(20-7-5-13-28-20)27-11-8-16(2)9-12-27/h4-7,10,13,16,19H,3,8-9,11-12,14-15H2,1-2H3,(H2,23,25,26). The molecule has 0 radical (unpaired) electrons. The van der Waals surface area contributed by atoms with Crippen LogP contribution in [0.4, 0.5) is 4.39 Å². The number of rotatable bonds is 7. The van der Waals surface area contributed by atoms with Gasteiger partial charge in [-0.2, -0.15) is 0 Å². The molecule has 2 aromatic rings. The summed E-state index contributed by atoms with van der Waals surface area (Å²) in [5.74, 6) is 1.18. The molecule has 1 aliphatic heterocycles. The van der Waals surface area contributed by atoms with Crippen LogP contribution in [-0.4, -0.2) is 42.0 Å². The summed E-state index contributed by atoms with van der Waals surface area (Å²) in [4.78, 5) is 12.6. The summed E-state index contributed by atoms with van der Waals surface area (Å²) in [6, 6.07) is 7.66. The quantitative estimate of drug-likeness (QED) is 0.545. The summed E-state index contributed by atoms with van der Waals surface area (Å²) in [6.45, 7) is 8.35. The van der Waals surface area contributed by atoms with Crippen molar-refractivity contribution >= 4 is 17.3 Å². The zero-order valence-corrected chi connectivity index (χ0v) is 17.5. The lowest BCUT2D eigenvalue weighted by Crippen LogP contribution is -2.45. The van der Waals surface area contributed by atoms with E-state index in [-0.39, 0.29) is 12.4 Å². The van der Waals surface area contributed by atoms with Crippen molar-refractivity contribution in [1.82, 2.24) is 20.5 Å². The minimum atomic E-state index is -0.319. The second-order valence-electron chi connectivity index (χ2n) is 7.26. The van der Waals surface area contributed by atoms with Crippen LogP contribution in [0.15, 0.2) is 40.8 Å². The molecule has 1 atom stereocenters. The number of guanidine groups is 1. The SMILES string of the molecule is CCNC(=NCc1ncccc1F)NCC(c1cccs1)N1CCC(C)CC1. The highest BCUT2D eigenvalue weighted by Gasteiger charge is 2.25. The second kappa shape index (κ2) is 10.5. The Morgan fingerprint density at radius 2 is 2.14 bits per heavy atom. The van der Waals surface area contributed by atoms with E-state index in [1.807, 2.05) is 6.92 Å². The number of aromatic nitrogens is 1. The maximum atomic E-state index is 13.8. The topological polar surface area (TPSA) is 52.6 Å². The molecule has 0 aliphatic carbocycles. The van der Waals surface area contributed by atoms with Gasteiger partial charge >= 0.3 is 0 Å². The molecule has 5 nitrogen and oxygen atoms in total. The Kier molecular flexibility index (Phi) is 7.80. The molecule has 3 rings (SSSR count). The number of aliphatic imine (C=N–C) groups is 1. The van der Waals surface area contributed by atoms with Crippen LogP contribution in [0.1, 0.15) is 43.3 Å². The third-order valence-corrected chi connectivity index (χ3v) is 6.13. The summed E-state index contributed by atoms with van der Waals surface area (Å²) in [6.07, 6.45) is 4.09. The van der Waals surface area contributed by atoms with Crippen LogP contribution < -0.4 is 10.6 Å². The number of nitrogens with one attached hydrogen (secondary N) is 2. The number of nitrogens with zero attached hydrogens (tertiary/aromatic N) is 3. The van der Waals surface area contributed by atoms with E-state index in [2.05, 4.69) is 49.9 Å². The lowest BCUT2D eigenvalue weighted by molar-refractivity contribution is 0.140. The number of likely N-dealkylation sites (tertiary alicyclic amines) is 1. The van der Waals surface area contributed by atoms with Gasteiger partial charge in [-0.1, -0.05) is 13.0 Å². The molecular weight excluding hydrogens is 373 g/mol. The molecule has 1 fully saturated rings. The van der Waals surface area contributed by atoms with Gasteiger partial charge in [0, 0.05) is 24.2 Å². The van der Waals surface area contributed by atoms with E-state index < -0.39 is 0 Å². The predicted octanol–water partition coefficient (Wildman–Crippen LogP) is 3.81. The molecule has 2 aromatic heterocycles. The van der Waals surface area contributed by atoms with Gasteiger partial charge in [0.05, 0.1) is 18.3 Å². The third-order valence-electron chi connectivity index (χ3n) is 5.16. The number of piperidine rings is 1. The number of halogens is 1. The smallest absolute Gasteiger partial charge is 0.191 e. The average molecular weight is 404 g/mol. The van der Waals surface area contributed by atoms with E-state index >= 15 is 0 Å². The van der Waals surface area contributed by atoms with E-state index in [4.69, 9.17) is 0 Å². The van der Waals surface area contributed by atoms with Gasteiger partial charge in [0.25, 0.3) is 0 Å². The van der Waals surface area contributed by atoms with Gasteiger partial charge in [-0.15, -0.1) is 11.3 Å². The maximum Gasteiger partial charge on any atom is 0.191 e. The molecule has 1 saturated heterocycles. The van der Waals surface area contributed by atoms with Crippen LogP contribution >= 0.6 is 11.3 Å². The summed E-state index contributed by atoms with van der Waals surface area (Å²) in [5, 5.41) is 8.85. The maximum absolute atomic E-state index is 13.8. The first-order valence-corrected chi connectivity index (χ1v) is 10.9. The van der Waals surface area contributed by atoms with E-state index in [9.17, 15) is 4.39 Å². The molecule has 152 valence electrons. The van der Waals surface area contributed by atoms with Crippen molar-refractivity contribution in [2.75, 3.05) is 26.2 Å². The molecule has 3 heterocycles. The predicted molar refractivity (Wildman–Crippen MR) is 114 cm³/mol. The van der Waals surface area contributed by atoms with Crippen molar-refractivity contribution in [2.24, 2.45) is 10.9 Å². The summed E-state index contributed by atoms with van der Waals surface area (Å²) >= 11 is 1.80. The first-order chi connectivity index (χ1) is 13.7. The fourth-order valence-electron chi connectivity index (χ4n) is 3.45. The van der Waals surface area contributed by atoms with Crippen LogP contribution in [0.2, 0.25) is 0 Å². The van der Waals surface area contributed by atoms with Crippen molar-refractivity contribution in [1.29, 1.82) is 0 Å². The summed E-state index contributed by atoms with van der Waals surface area (Å²) < 4.78 is 13.8. The minimum Gasteiger partial charge on any atom is -0.357 e. The van der Waals surface area contributed by atoms with E-state index in [0.717, 1.165) is 32.1 Å². The average Bonchev–Trinajstić information content (AvgIpc) is 3.23. The lowest BCUT2D eigenvalue weighted by atomic mass is 9.97. The fraction of sp³-hybridized carbons (Fsp3) is 0.524. The lowest BCUT2D eigenvalue weighted by Gasteiger charge is -2.36. The van der Waals surface area contributed by atoms with Gasteiger partial charge in [0.15, 0.2) is 5.96 Å². The highest BCUT2D eigenvalue weighted by Crippen LogP contribution is 2.29. The fourth-order valence-corrected chi connectivity index (χ4v) is 4.32. The first-order valence-electron chi connectivity index (χ1n) is 10.1. The molecule has 1 unspecified atom stereocenters. The Labute approximate surface area is 171 Å². The number of thiophene rings is 1. The Morgan fingerprint density at radius 1 is 1.32 bits per heavy atom. The minimum absolute atomic E-state index is 0.215. The molecule has 0 saturated carbocycles. The molecular formula is C21H30FN5S. The van der Waals surface area contributed by atoms with Crippen LogP contribution in [0.25, 0.3) is 0 Å². The highest BCUT2D eigenvalue weighted by molar-refractivity contribution is 7.10. The zero-order valence-electron chi connectivity index (χ0n) is 16.7. The van der Waals surface area contributed by atoms with Gasteiger partial charge in [0.1, 0.15) is 5.82 Å². The van der Waals surface area contributed by atoms with Crippen LogP contribution in [0, 0.1) is 11.7 Å². The molecule has 7 heteroatoms. The Balaban J connectivity index is 1.66. The number of hydrogen-bond donors (Lipinski definition) is 2. The van der Waals surface area contributed by atoms with Gasteiger partial charge in [-0.3, -0.25) is 9.88 Å².